The predicted molar refractivity (Wildman–Crippen MR) is 63.6 cm³/mol. The van der Waals surface area contributed by atoms with Crippen LogP contribution in [0.15, 0.2) is 24.3 Å². The largest absolute Gasteiger partial charge is 0.305 e. The molecule has 76 valence electrons. The third-order valence-corrected chi connectivity index (χ3v) is 3.76. The fraction of sp³-hybridized carbons (Fsp3) is 0.500. The molecule has 0 spiro atoms. The third-order valence-electron chi connectivity index (χ3n) is 2.57. The van der Waals surface area contributed by atoms with Crippen molar-refractivity contribution in [3.63, 3.8) is 0 Å². The maximum Gasteiger partial charge on any atom is 0.0417 e. The molecule has 1 aliphatic rings. The van der Waals surface area contributed by atoms with Gasteiger partial charge in [0.1, 0.15) is 0 Å². The summed E-state index contributed by atoms with van der Waals surface area (Å²) in [7, 11) is 0. The molecule has 0 amide bonds. The SMILES string of the molecule is CC(C)SCC1NCc2ccccc21. The second-order valence-electron chi connectivity index (χ2n) is 4.01. The summed E-state index contributed by atoms with van der Waals surface area (Å²) in [5, 5.41) is 4.28. The molecule has 1 N–H and O–H groups in total. The van der Waals surface area contributed by atoms with E-state index < -0.39 is 0 Å². The van der Waals surface area contributed by atoms with Crippen LogP contribution < -0.4 is 5.32 Å². The van der Waals surface area contributed by atoms with E-state index >= 15 is 0 Å². The molecule has 1 aliphatic heterocycles. The van der Waals surface area contributed by atoms with Crippen molar-refractivity contribution in [2.75, 3.05) is 5.75 Å². The minimum absolute atomic E-state index is 0.568. The van der Waals surface area contributed by atoms with Crippen LogP contribution in [0, 0.1) is 0 Å². The first kappa shape index (κ1) is 10.1. The normalized spacial score (nSPS) is 20.1. The van der Waals surface area contributed by atoms with Gasteiger partial charge in [-0.1, -0.05) is 38.1 Å². The van der Waals surface area contributed by atoms with E-state index in [4.69, 9.17) is 0 Å². The van der Waals surface area contributed by atoms with Crippen LogP contribution in [-0.4, -0.2) is 11.0 Å². The number of benzene rings is 1. The summed E-state index contributed by atoms with van der Waals surface area (Å²) in [6, 6.07) is 9.30. The van der Waals surface area contributed by atoms with Gasteiger partial charge >= 0.3 is 0 Å². The summed E-state index contributed by atoms with van der Waals surface area (Å²) < 4.78 is 0. The number of thioether (sulfide) groups is 1. The maximum absolute atomic E-state index is 3.56. The van der Waals surface area contributed by atoms with Crippen LogP contribution >= 0.6 is 11.8 Å². The van der Waals surface area contributed by atoms with Gasteiger partial charge in [0, 0.05) is 18.3 Å². The molecule has 1 heterocycles. The number of fused-ring (bicyclic) bond motifs is 1. The minimum atomic E-state index is 0.568. The highest BCUT2D eigenvalue weighted by atomic mass is 32.2. The lowest BCUT2D eigenvalue weighted by molar-refractivity contribution is 0.641. The summed E-state index contributed by atoms with van der Waals surface area (Å²) in [6.07, 6.45) is 0. The second kappa shape index (κ2) is 4.37. The molecule has 1 atom stereocenters. The van der Waals surface area contributed by atoms with Gasteiger partial charge in [-0.05, 0) is 16.4 Å². The van der Waals surface area contributed by atoms with Crippen molar-refractivity contribution in [1.29, 1.82) is 0 Å². The molecule has 0 aliphatic carbocycles. The fourth-order valence-electron chi connectivity index (χ4n) is 1.82. The van der Waals surface area contributed by atoms with Gasteiger partial charge in [-0.2, -0.15) is 11.8 Å². The maximum atomic E-state index is 3.56. The molecule has 0 fully saturated rings. The van der Waals surface area contributed by atoms with Crippen molar-refractivity contribution in [3.05, 3.63) is 35.4 Å². The number of rotatable bonds is 3. The molecule has 2 rings (SSSR count). The zero-order valence-corrected chi connectivity index (χ0v) is 9.60. The topological polar surface area (TPSA) is 12.0 Å². The standard InChI is InChI=1S/C12H17NS/c1-9(2)14-8-12-11-6-4-3-5-10(11)7-13-12/h3-6,9,12-13H,7-8H2,1-2H3. The van der Waals surface area contributed by atoms with Gasteiger partial charge in [0.25, 0.3) is 0 Å². The molecule has 0 saturated carbocycles. The van der Waals surface area contributed by atoms with Crippen LogP contribution in [0.4, 0.5) is 0 Å². The van der Waals surface area contributed by atoms with Gasteiger partial charge in [-0.3, -0.25) is 0 Å². The van der Waals surface area contributed by atoms with E-state index in [0.717, 1.165) is 11.8 Å². The van der Waals surface area contributed by atoms with E-state index in [0.29, 0.717) is 6.04 Å². The lowest BCUT2D eigenvalue weighted by Crippen LogP contribution is -2.15. The lowest BCUT2D eigenvalue weighted by Gasteiger charge is -2.13. The smallest absolute Gasteiger partial charge is 0.0417 e. The second-order valence-corrected chi connectivity index (χ2v) is 5.62. The van der Waals surface area contributed by atoms with E-state index in [-0.39, 0.29) is 0 Å². The molecular weight excluding hydrogens is 190 g/mol. The quantitative estimate of drug-likeness (QED) is 0.818. The van der Waals surface area contributed by atoms with Gasteiger partial charge in [0.2, 0.25) is 0 Å². The highest BCUT2D eigenvalue weighted by Crippen LogP contribution is 2.28. The van der Waals surface area contributed by atoms with Crippen LogP contribution in [0.5, 0.6) is 0 Å². The first-order chi connectivity index (χ1) is 6.77. The Morgan fingerprint density at radius 2 is 2.21 bits per heavy atom. The number of hydrogen-bond donors (Lipinski definition) is 1. The van der Waals surface area contributed by atoms with Gasteiger partial charge in [-0.15, -0.1) is 0 Å². The van der Waals surface area contributed by atoms with Crippen LogP contribution in [0.3, 0.4) is 0 Å². The van der Waals surface area contributed by atoms with Crippen molar-refractivity contribution >= 4 is 11.8 Å². The Balaban J connectivity index is 2.03. The summed E-state index contributed by atoms with van der Waals surface area (Å²) in [5.41, 5.74) is 2.97. The zero-order valence-electron chi connectivity index (χ0n) is 8.79. The summed E-state index contributed by atoms with van der Waals surface area (Å²) in [4.78, 5) is 0. The first-order valence-corrected chi connectivity index (χ1v) is 6.25. The van der Waals surface area contributed by atoms with Crippen LogP contribution in [0.25, 0.3) is 0 Å². The van der Waals surface area contributed by atoms with Crippen molar-refractivity contribution in [1.82, 2.24) is 5.32 Å². The fourth-order valence-corrected chi connectivity index (χ4v) is 2.69. The number of hydrogen-bond acceptors (Lipinski definition) is 2. The highest BCUT2D eigenvalue weighted by Gasteiger charge is 2.20. The van der Waals surface area contributed by atoms with Crippen LogP contribution in [0.1, 0.15) is 31.0 Å². The Morgan fingerprint density at radius 1 is 1.43 bits per heavy atom. The van der Waals surface area contributed by atoms with Crippen LogP contribution in [0.2, 0.25) is 0 Å². The third kappa shape index (κ3) is 2.12. The Labute approximate surface area is 90.3 Å². The molecule has 1 aromatic carbocycles. The van der Waals surface area contributed by atoms with Crippen LogP contribution in [-0.2, 0) is 6.54 Å². The van der Waals surface area contributed by atoms with Gasteiger partial charge < -0.3 is 5.32 Å². The molecule has 1 aromatic rings. The van der Waals surface area contributed by atoms with E-state index in [2.05, 4.69) is 43.4 Å². The van der Waals surface area contributed by atoms with Gasteiger partial charge in [-0.25, -0.2) is 0 Å². The lowest BCUT2D eigenvalue weighted by atomic mass is 10.1. The molecule has 14 heavy (non-hydrogen) atoms. The Kier molecular flexibility index (Phi) is 3.14. The zero-order chi connectivity index (χ0) is 9.97. The monoisotopic (exact) mass is 207 g/mol. The summed E-state index contributed by atoms with van der Waals surface area (Å²) in [6.45, 7) is 5.55. The molecule has 0 radical (unpaired) electrons. The van der Waals surface area contributed by atoms with E-state index in [1.807, 2.05) is 11.8 Å². The summed E-state index contributed by atoms with van der Waals surface area (Å²) in [5.74, 6) is 1.19. The highest BCUT2D eigenvalue weighted by molar-refractivity contribution is 7.99. The molecular formula is C12H17NS. The first-order valence-electron chi connectivity index (χ1n) is 5.20. The molecule has 1 unspecified atom stereocenters. The van der Waals surface area contributed by atoms with E-state index in [1.54, 1.807) is 0 Å². The van der Waals surface area contributed by atoms with E-state index in [1.165, 1.54) is 16.9 Å². The predicted octanol–water partition coefficient (Wildman–Crippen LogP) is 2.97. The Morgan fingerprint density at radius 3 is 3.00 bits per heavy atom. The van der Waals surface area contributed by atoms with Crippen molar-refractivity contribution in [3.8, 4) is 0 Å². The van der Waals surface area contributed by atoms with Crippen molar-refractivity contribution in [2.45, 2.75) is 31.7 Å². The molecule has 0 aromatic heterocycles. The number of nitrogens with one attached hydrogen (secondary N) is 1. The average Bonchev–Trinajstić information content (AvgIpc) is 2.58. The van der Waals surface area contributed by atoms with Crippen molar-refractivity contribution in [2.24, 2.45) is 0 Å². The Bertz CT molecular complexity index is 309. The van der Waals surface area contributed by atoms with E-state index in [9.17, 15) is 0 Å². The van der Waals surface area contributed by atoms with Gasteiger partial charge in [0.15, 0.2) is 0 Å². The molecule has 0 bridgehead atoms. The molecule has 0 saturated heterocycles. The minimum Gasteiger partial charge on any atom is -0.305 e. The van der Waals surface area contributed by atoms with Crippen molar-refractivity contribution < 1.29 is 0 Å². The molecule has 1 nitrogen and oxygen atoms in total. The molecule has 2 heteroatoms. The average molecular weight is 207 g/mol. The Hall–Kier alpha value is -0.470. The van der Waals surface area contributed by atoms with Gasteiger partial charge in [0.05, 0.1) is 0 Å². The summed E-state index contributed by atoms with van der Waals surface area (Å²) >= 11 is 2.03.